The van der Waals surface area contributed by atoms with Crippen LogP contribution in [0.5, 0.6) is 0 Å². The highest BCUT2D eigenvalue weighted by atomic mass is 19.1. The Bertz CT molecular complexity index is 738. The summed E-state index contributed by atoms with van der Waals surface area (Å²) in [6, 6.07) is 2.35. The van der Waals surface area contributed by atoms with Gasteiger partial charge in [-0.15, -0.1) is 0 Å². The highest BCUT2D eigenvalue weighted by Gasteiger charge is 2.38. The number of carbonyl (C=O) groups is 2. The third kappa shape index (κ3) is 1.78. The minimum atomic E-state index is -0.723. The van der Waals surface area contributed by atoms with Crippen molar-refractivity contribution < 1.29 is 18.5 Å². The molecule has 7 heteroatoms. The molecule has 102 valence electrons. The van der Waals surface area contributed by atoms with E-state index in [0.717, 1.165) is 6.07 Å². The number of carbonyl (C=O) groups excluding carboxylic acids is 2. The first-order chi connectivity index (χ1) is 9.47. The molecule has 2 heterocycles. The third-order valence-electron chi connectivity index (χ3n) is 3.08. The van der Waals surface area contributed by atoms with Crippen LogP contribution >= 0.6 is 0 Å². The molecule has 0 N–H and O–H groups in total. The van der Waals surface area contributed by atoms with Crippen LogP contribution in [0.25, 0.3) is 0 Å². The molecule has 0 radical (unpaired) electrons. The van der Waals surface area contributed by atoms with Crippen molar-refractivity contribution in [1.29, 1.82) is 0 Å². The Morgan fingerprint density at radius 2 is 2.05 bits per heavy atom. The lowest BCUT2D eigenvalue weighted by Crippen LogP contribution is -2.29. The van der Waals surface area contributed by atoms with Gasteiger partial charge in [0.25, 0.3) is 11.7 Å². The third-order valence-corrected chi connectivity index (χ3v) is 3.08. The van der Waals surface area contributed by atoms with Crippen LogP contribution in [-0.4, -0.2) is 21.8 Å². The molecule has 3 rings (SSSR count). The average Bonchev–Trinajstić information content (AvgIpc) is 2.88. The van der Waals surface area contributed by atoms with Gasteiger partial charge in [0, 0.05) is 0 Å². The van der Waals surface area contributed by atoms with Crippen LogP contribution in [0.3, 0.4) is 0 Å². The van der Waals surface area contributed by atoms with Gasteiger partial charge in [-0.3, -0.25) is 14.5 Å². The summed E-state index contributed by atoms with van der Waals surface area (Å²) in [6.45, 7) is 3.28. The summed E-state index contributed by atoms with van der Waals surface area (Å²) in [5.74, 6) is -1.32. The molecule has 0 aliphatic carbocycles. The fraction of sp³-hybridized carbons (Fsp3) is 0.231. The van der Waals surface area contributed by atoms with Crippen LogP contribution in [0.2, 0.25) is 0 Å². The van der Waals surface area contributed by atoms with E-state index in [9.17, 15) is 14.0 Å². The summed E-state index contributed by atoms with van der Waals surface area (Å²) in [5.41, 5.74) is 0.983. The minimum Gasteiger partial charge on any atom is -0.337 e. The first kappa shape index (κ1) is 12.5. The van der Waals surface area contributed by atoms with Crippen molar-refractivity contribution in [3.05, 3.63) is 40.8 Å². The van der Waals surface area contributed by atoms with Crippen LogP contribution in [0.15, 0.2) is 16.7 Å². The standard InChI is InChI=1S/C13H10FN3O3/c1-6-3-8(14)4-9-11(6)17(13(19)12(9)18)5-10-15-7(2)16-20-10/h3-4H,5H2,1-2H3. The number of aryl methyl sites for hydroxylation is 2. The molecule has 0 saturated carbocycles. The van der Waals surface area contributed by atoms with Crippen LogP contribution in [-0.2, 0) is 11.3 Å². The Labute approximate surface area is 113 Å². The molecule has 2 aromatic rings. The Kier molecular flexibility index (Phi) is 2.63. The van der Waals surface area contributed by atoms with Crippen LogP contribution < -0.4 is 4.90 Å². The molecule has 6 nitrogen and oxygen atoms in total. The minimum absolute atomic E-state index is 0.00904. The lowest BCUT2D eigenvalue weighted by atomic mass is 10.1. The number of benzene rings is 1. The highest BCUT2D eigenvalue weighted by Crippen LogP contribution is 2.34. The van der Waals surface area contributed by atoms with E-state index < -0.39 is 17.5 Å². The topological polar surface area (TPSA) is 76.3 Å². The van der Waals surface area contributed by atoms with Gasteiger partial charge in [-0.2, -0.15) is 4.98 Å². The van der Waals surface area contributed by atoms with Crippen molar-refractivity contribution in [3.63, 3.8) is 0 Å². The van der Waals surface area contributed by atoms with E-state index in [4.69, 9.17) is 4.52 Å². The highest BCUT2D eigenvalue weighted by molar-refractivity contribution is 6.52. The Morgan fingerprint density at radius 1 is 1.30 bits per heavy atom. The SMILES string of the molecule is Cc1noc(CN2C(=O)C(=O)c3cc(F)cc(C)c32)n1. The normalized spacial score (nSPS) is 14.1. The van der Waals surface area contributed by atoms with Gasteiger partial charge in [0.15, 0.2) is 5.82 Å². The lowest BCUT2D eigenvalue weighted by Gasteiger charge is -2.16. The van der Waals surface area contributed by atoms with Gasteiger partial charge in [0.05, 0.1) is 11.3 Å². The Morgan fingerprint density at radius 3 is 2.70 bits per heavy atom. The zero-order valence-electron chi connectivity index (χ0n) is 10.8. The average molecular weight is 275 g/mol. The van der Waals surface area contributed by atoms with E-state index in [0.29, 0.717) is 17.1 Å². The molecule has 0 bridgehead atoms. The smallest absolute Gasteiger partial charge is 0.299 e. The maximum atomic E-state index is 13.4. The molecular formula is C13H10FN3O3. The summed E-state index contributed by atoms with van der Waals surface area (Å²) >= 11 is 0. The second kappa shape index (κ2) is 4.22. The summed E-state index contributed by atoms with van der Waals surface area (Å²) in [7, 11) is 0. The molecule has 1 aliphatic rings. The van der Waals surface area contributed by atoms with Gasteiger partial charge in [0.1, 0.15) is 12.4 Å². The van der Waals surface area contributed by atoms with E-state index in [1.54, 1.807) is 13.8 Å². The van der Waals surface area contributed by atoms with Gasteiger partial charge < -0.3 is 4.52 Å². The number of amides is 1. The van der Waals surface area contributed by atoms with Crippen LogP contribution in [0.4, 0.5) is 10.1 Å². The van der Waals surface area contributed by atoms with Crippen molar-refractivity contribution in [3.8, 4) is 0 Å². The zero-order valence-corrected chi connectivity index (χ0v) is 10.8. The predicted molar refractivity (Wildman–Crippen MR) is 65.7 cm³/mol. The molecule has 0 saturated heterocycles. The van der Waals surface area contributed by atoms with Crippen molar-refractivity contribution >= 4 is 17.4 Å². The molecule has 0 spiro atoms. The molecule has 0 atom stereocenters. The van der Waals surface area contributed by atoms with Crippen molar-refractivity contribution in [1.82, 2.24) is 10.1 Å². The van der Waals surface area contributed by atoms with Crippen LogP contribution in [0.1, 0.15) is 27.6 Å². The van der Waals surface area contributed by atoms with E-state index in [1.165, 1.54) is 11.0 Å². The number of hydrogen-bond donors (Lipinski definition) is 0. The van der Waals surface area contributed by atoms with Crippen molar-refractivity contribution in [2.24, 2.45) is 0 Å². The molecule has 0 fully saturated rings. The summed E-state index contributed by atoms with van der Waals surface area (Å²) < 4.78 is 18.3. The number of rotatable bonds is 2. The second-order valence-corrected chi connectivity index (χ2v) is 4.57. The van der Waals surface area contributed by atoms with E-state index in [1.807, 2.05) is 0 Å². The summed E-state index contributed by atoms with van der Waals surface area (Å²) in [6.07, 6.45) is 0. The van der Waals surface area contributed by atoms with Crippen LogP contribution in [0, 0.1) is 19.7 Å². The molecule has 20 heavy (non-hydrogen) atoms. The first-order valence-electron chi connectivity index (χ1n) is 5.93. The van der Waals surface area contributed by atoms with E-state index >= 15 is 0 Å². The predicted octanol–water partition coefficient (Wildman–Crippen LogP) is 1.56. The summed E-state index contributed by atoms with van der Waals surface area (Å²) in [4.78, 5) is 29.1. The Balaban J connectivity index is 2.06. The fourth-order valence-corrected chi connectivity index (χ4v) is 2.30. The van der Waals surface area contributed by atoms with Crippen molar-refractivity contribution in [2.75, 3.05) is 4.90 Å². The number of Topliss-reactive ketones (excluding diaryl/α,β-unsaturated/α-hetero) is 1. The quantitative estimate of drug-likeness (QED) is 0.777. The van der Waals surface area contributed by atoms with Gasteiger partial charge in [-0.25, -0.2) is 4.39 Å². The van der Waals surface area contributed by atoms with Gasteiger partial charge in [-0.1, -0.05) is 5.16 Å². The number of ketones is 1. The fourth-order valence-electron chi connectivity index (χ4n) is 2.30. The molecule has 1 aromatic heterocycles. The number of anilines is 1. The van der Waals surface area contributed by atoms with E-state index in [2.05, 4.69) is 10.1 Å². The van der Waals surface area contributed by atoms with Gasteiger partial charge >= 0.3 is 0 Å². The first-order valence-corrected chi connectivity index (χ1v) is 5.93. The number of nitrogens with zero attached hydrogens (tertiary/aromatic N) is 3. The largest absolute Gasteiger partial charge is 0.337 e. The van der Waals surface area contributed by atoms with Gasteiger partial charge in [-0.05, 0) is 31.5 Å². The van der Waals surface area contributed by atoms with E-state index in [-0.39, 0.29) is 18.0 Å². The molecule has 1 aliphatic heterocycles. The zero-order chi connectivity index (χ0) is 14.4. The number of hydrogen-bond acceptors (Lipinski definition) is 5. The number of aromatic nitrogens is 2. The molecule has 0 unspecified atom stereocenters. The molecule has 1 aromatic carbocycles. The summed E-state index contributed by atoms with van der Waals surface area (Å²) in [5, 5.41) is 3.63. The monoisotopic (exact) mass is 275 g/mol. The second-order valence-electron chi connectivity index (χ2n) is 4.57. The van der Waals surface area contributed by atoms with Gasteiger partial charge in [0.2, 0.25) is 5.89 Å². The maximum absolute atomic E-state index is 13.4. The lowest BCUT2D eigenvalue weighted by molar-refractivity contribution is -0.114. The molecule has 1 amide bonds. The Hall–Kier alpha value is -2.57. The maximum Gasteiger partial charge on any atom is 0.299 e. The number of fused-ring (bicyclic) bond motifs is 1. The van der Waals surface area contributed by atoms with Crippen molar-refractivity contribution in [2.45, 2.75) is 20.4 Å². The molecular weight excluding hydrogens is 265 g/mol. The number of halogens is 1.